The average molecular weight is 488 g/mol. The minimum absolute atomic E-state index is 0.0786. The van der Waals surface area contributed by atoms with Crippen LogP contribution in [0.1, 0.15) is 31.2 Å². The van der Waals surface area contributed by atoms with E-state index in [1.165, 1.54) is 0 Å². The van der Waals surface area contributed by atoms with E-state index in [0.717, 1.165) is 77.1 Å². The smallest absolute Gasteiger partial charge is 0.381 e. The van der Waals surface area contributed by atoms with Crippen molar-refractivity contribution >= 4 is 22.8 Å². The van der Waals surface area contributed by atoms with E-state index in [4.69, 9.17) is 9.72 Å². The highest BCUT2D eigenvalue weighted by Crippen LogP contribution is 2.42. The summed E-state index contributed by atoms with van der Waals surface area (Å²) in [4.78, 5) is 18.3. The van der Waals surface area contributed by atoms with Gasteiger partial charge in [-0.05, 0) is 44.4 Å². The maximum absolute atomic E-state index is 13.9. The Hall–Kier alpha value is -2.92. The molecule has 6 heterocycles. The first-order chi connectivity index (χ1) is 16.9. The zero-order chi connectivity index (χ0) is 24.0. The van der Waals surface area contributed by atoms with Gasteiger partial charge in [-0.1, -0.05) is 0 Å². The lowest BCUT2D eigenvalue weighted by atomic mass is 9.75. The van der Waals surface area contributed by atoms with Gasteiger partial charge in [-0.3, -0.25) is 0 Å². The van der Waals surface area contributed by atoms with Crippen LogP contribution in [-0.2, 0) is 10.9 Å². The van der Waals surface area contributed by atoms with Crippen LogP contribution in [0.4, 0.5) is 24.9 Å². The summed E-state index contributed by atoms with van der Waals surface area (Å²) in [6.45, 7) is 5.04. The van der Waals surface area contributed by atoms with Crippen molar-refractivity contribution in [3.63, 3.8) is 0 Å². The second-order valence-electron chi connectivity index (χ2n) is 9.92. The second kappa shape index (κ2) is 8.63. The number of nitrogens with one attached hydrogen (secondary N) is 3. The molecule has 3 fully saturated rings. The van der Waals surface area contributed by atoms with Crippen LogP contribution in [0.25, 0.3) is 22.3 Å². The van der Waals surface area contributed by atoms with E-state index in [1.54, 1.807) is 6.20 Å². The minimum Gasteiger partial charge on any atom is -0.381 e. The summed E-state index contributed by atoms with van der Waals surface area (Å²) < 4.78 is 47.3. The minimum atomic E-state index is -4.58. The Balaban J connectivity index is 1.30. The molecule has 0 radical (unpaired) electrons. The predicted octanol–water partition coefficient (Wildman–Crippen LogP) is 3.82. The number of piperidine rings is 1. The molecule has 3 aliphatic rings. The average Bonchev–Trinajstić information content (AvgIpc) is 3.26. The molecule has 0 amide bonds. The fourth-order valence-electron chi connectivity index (χ4n) is 5.47. The number of ether oxygens (including phenoxy) is 1. The summed E-state index contributed by atoms with van der Waals surface area (Å²) in [5.74, 6) is 1.01. The molecule has 3 aromatic heterocycles. The number of aromatic amines is 1. The van der Waals surface area contributed by atoms with Crippen molar-refractivity contribution in [2.75, 3.05) is 49.6 Å². The van der Waals surface area contributed by atoms with Crippen LogP contribution in [0.5, 0.6) is 0 Å². The molecule has 3 aliphatic heterocycles. The van der Waals surface area contributed by atoms with Gasteiger partial charge in [-0.25, -0.2) is 15.0 Å². The number of aromatic nitrogens is 4. The highest BCUT2D eigenvalue weighted by atomic mass is 19.4. The molecule has 186 valence electrons. The quantitative estimate of drug-likeness (QED) is 0.515. The number of anilines is 2. The summed E-state index contributed by atoms with van der Waals surface area (Å²) in [7, 11) is 0. The second-order valence-corrected chi connectivity index (χ2v) is 9.92. The van der Waals surface area contributed by atoms with E-state index in [-0.39, 0.29) is 23.1 Å². The van der Waals surface area contributed by atoms with Gasteiger partial charge in [0.15, 0.2) is 0 Å². The third-order valence-electron chi connectivity index (χ3n) is 7.28. The molecular weight excluding hydrogens is 459 g/mol. The van der Waals surface area contributed by atoms with Gasteiger partial charge in [0.05, 0.1) is 12.3 Å². The lowest BCUT2D eigenvalue weighted by molar-refractivity contribution is -0.137. The number of fused-ring (bicyclic) bond motifs is 1. The third kappa shape index (κ3) is 4.31. The Morgan fingerprint density at radius 1 is 1.17 bits per heavy atom. The number of pyridine rings is 1. The van der Waals surface area contributed by atoms with E-state index in [2.05, 4.69) is 30.5 Å². The standard InChI is InChI=1S/C24H28F3N7O/c25-24(26,27)18-11-30-22(31-15-3-1-7-28-9-15)33-20(18)17-10-29-21-16(17)4-5-19(32-21)34-12-23(13-34)6-2-8-35-14-23/h4-5,10-11,15,28H,1-3,6-9,12-14H2,(H,29,32)(H,30,31,33). The lowest BCUT2D eigenvalue weighted by Gasteiger charge is -2.52. The highest BCUT2D eigenvalue weighted by molar-refractivity contribution is 5.94. The molecule has 8 nitrogen and oxygen atoms in total. The molecule has 1 unspecified atom stereocenters. The number of hydrogen-bond donors (Lipinski definition) is 3. The Kier molecular flexibility index (Phi) is 5.56. The summed E-state index contributed by atoms with van der Waals surface area (Å²) in [5.41, 5.74) is 0.0873. The van der Waals surface area contributed by atoms with Gasteiger partial charge < -0.3 is 25.3 Å². The van der Waals surface area contributed by atoms with Crippen molar-refractivity contribution < 1.29 is 17.9 Å². The summed E-state index contributed by atoms with van der Waals surface area (Å²) in [5, 5.41) is 7.06. The maximum Gasteiger partial charge on any atom is 0.419 e. The lowest BCUT2D eigenvalue weighted by Crippen LogP contribution is -2.60. The van der Waals surface area contributed by atoms with Gasteiger partial charge in [0.1, 0.15) is 17.0 Å². The van der Waals surface area contributed by atoms with Gasteiger partial charge in [0, 0.05) is 61.0 Å². The number of H-pyrrole nitrogens is 1. The molecule has 1 atom stereocenters. The molecule has 3 N–H and O–H groups in total. The van der Waals surface area contributed by atoms with Crippen LogP contribution in [0.2, 0.25) is 0 Å². The molecule has 3 aromatic rings. The van der Waals surface area contributed by atoms with E-state index in [1.807, 2.05) is 12.1 Å². The van der Waals surface area contributed by atoms with E-state index in [9.17, 15) is 13.2 Å². The van der Waals surface area contributed by atoms with Crippen LogP contribution < -0.4 is 15.5 Å². The number of rotatable bonds is 4. The molecule has 3 saturated heterocycles. The summed E-state index contributed by atoms with van der Waals surface area (Å²) in [6, 6.07) is 3.78. The normalized spacial score (nSPS) is 22.4. The number of halogens is 3. The molecule has 0 aliphatic carbocycles. The SMILES string of the molecule is FC(F)(F)c1cnc(NC2CCCNC2)nc1-c1c[nH]c2nc(N3CC4(CCCOC4)C3)ccc12. The Morgan fingerprint density at radius 3 is 2.80 bits per heavy atom. The Morgan fingerprint density at radius 2 is 2.06 bits per heavy atom. The maximum atomic E-state index is 13.9. The largest absolute Gasteiger partial charge is 0.419 e. The number of hydrogen-bond acceptors (Lipinski definition) is 7. The zero-order valence-electron chi connectivity index (χ0n) is 19.3. The van der Waals surface area contributed by atoms with Crippen LogP contribution in [0.15, 0.2) is 24.5 Å². The Bertz CT molecular complexity index is 1210. The topological polar surface area (TPSA) is 91.0 Å². The van der Waals surface area contributed by atoms with E-state index >= 15 is 0 Å². The molecule has 6 rings (SSSR count). The molecule has 0 aromatic carbocycles. The molecule has 0 bridgehead atoms. The third-order valence-corrected chi connectivity index (χ3v) is 7.28. The first kappa shape index (κ1) is 22.5. The van der Waals surface area contributed by atoms with Crippen LogP contribution in [-0.4, -0.2) is 65.4 Å². The van der Waals surface area contributed by atoms with Gasteiger partial charge in [0.2, 0.25) is 5.95 Å². The predicted molar refractivity (Wildman–Crippen MR) is 126 cm³/mol. The van der Waals surface area contributed by atoms with Gasteiger partial charge in [-0.15, -0.1) is 0 Å². The fraction of sp³-hybridized carbons (Fsp3) is 0.542. The molecule has 11 heteroatoms. The molecule has 1 spiro atoms. The van der Waals surface area contributed by atoms with Crippen molar-refractivity contribution in [2.24, 2.45) is 5.41 Å². The van der Waals surface area contributed by atoms with E-state index in [0.29, 0.717) is 16.6 Å². The van der Waals surface area contributed by atoms with Crippen molar-refractivity contribution in [1.82, 2.24) is 25.3 Å². The monoisotopic (exact) mass is 487 g/mol. The van der Waals surface area contributed by atoms with E-state index < -0.39 is 11.7 Å². The van der Waals surface area contributed by atoms with Crippen LogP contribution in [0.3, 0.4) is 0 Å². The highest BCUT2D eigenvalue weighted by Gasteiger charge is 2.45. The Labute approximate surface area is 200 Å². The fourth-order valence-corrected chi connectivity index (χ4v) is 5.47. The molecule has 0 saturated carbocycles. The first-order valence-corrected chi connectivity index (χ1v) is 12.1. The van der Waals surface area contributed by atoms with Crippen molar-refractivity contribution in [1.29, 1.82) is 0 Å². The summed E-state index contributed by atoms with van der Waals surface area (Å²) in [6.07, 6.45) is 1.98. The number of nitrogens with zero attached hydrogens (tertiary/aromatic N) is 4. The molecule has 35 heavy (non-hydrogen) atoms. The molecular formula is C24H28F3N7O. The zero-order valence-corrected chi connectivity index (χ0v) is 19.3. The van der Waals surface area contributed by atoms with Gasteiger partial charge in [-0.2, -0.15) is 13.2 Å². The van der Waals surface area contributed by atoms with Gasteiger partial charge in [0.25, 0.3) is 0 Å². The summed E-state index contributed by atoms with van der Waals surface area (Å²) >= 11 is 0. The first-order valence-electron chi connectivity index (χ1n) is 12.1. The van der Waals surface area contributed by atoms with Crippen molar-refractivity contribution in [3.05, 3.63) is 30.1 Å². The van der Waals surface area contributed by atoms with Crippen LogP contribution >= 0.6 is 0 Å². The number of alkyl halides is 3. The van der Waals surface area contributed by atoms with Gasteiger partial charge >= 0.3 is 6.18 Å². The van der Waals surface area contributed by atoms with Crippen molar-refractivity contribution in [2.45, 2.75) is 37.9 Å². The van der Waals surface area contributed by atoms with Crippen molar-refractivity contribution in [3.8, 4) is 11.3 Å². The van der Waals surface area contributed by atoms with Crippen LogP contribution in [0, 0.1) is 5.41 Å².